The lowest BCUT2D eigenvalue weighted by Crippen LogP contribution is -2.09. The Morgan fingerprint density at radius 1 is 1.00 bits per heavy atom. The van der Waals surface area contributed by atoms with Crippen molar-refractivity contribution in [1.29, 1.82) is 0 Å². The van der Waals surface area contributed by atoms with Crippen molar-refractivity contribution in [3.63, 3.8) is 0 Å². The highest BCUT2D eigenvalue weighted by atomic mass is 32.2. The molecule has 0 fully saturated rings. The van der Waals surface area contributed by atoms with Crippen molar-refractivity contribution in [1.82, 2.24) is 15.0 Å². The molecule has 2 heterocycles. The van der Waals surface area contributed by atoms with Gasteiger partial charge in [-0.3, -0.25) is 9.97 Å². The van der Waals surface area contributed by atoms with Crippen LogP contribution in [0.4, 0.5) is 5.69 Å². The minimum absolute atomic E-state index is 0.447. The fraction of sp³-hybridized carbons (Fsp3) is 0.100. The fourth-order valence-electron chi connectivity index (χ4n) is 2.81. The number of imidazole rings is 1. The first kappa shape index (κ1) is 16.6. The van der Waals surface area contributed by atoms with Gasteiger partial charge in [0.05, 0.1) is 33.5 Å². The third-order valence-electron chi connectivity index (χ3n) is 4.17. The van der Waals surface area contributed by atoms with Crippen LogP contribution in [0.3, 0.4) is 0 Å². The number of aromatic nitrogens is 3. The zero-order chi connectivity index (χ0) is 18.1. The molecule has 0 aliphatic heterocycles. The highest BCUT2D eigenvalue weighted by Gasteiger charge is 2.24. The van der Waals surface area contributed by atoms with E-state index < -0.39 is 11.2 Å². The highest BCUT2D eigenvalue weighted by Crippen LogP contribution is 2.31. The van der Waals surface area contributed by atoms with E-state index >= 15 is 0 Å². The minimum atomic E-state index is -1.43. The number of para-hydroxylation sites is 2. The van der Waals surface area contributed by atoms with E-state index in [1.54, 1.807) is 6.20 Å². The van der Waals surface area contributed by atoms with Gasteiger partial charge < -0.3 is 9.45 Å². The Bertz CT molecular complexity index is 1030. The Morgan fingerprint density at radius 2 is 1.77 bits per heavy atom. The van der Waals surface area contributed by atoms with Gasteiger partial charge >= 0.3 is 5.16 Å². The summed E-state index contributed by atoms with van der Waals surface area (Å²) in [4.78, 5) is 14.8. The van der Waals surface area contributed by atoms with Crippen LogP contribution in [-0.2, 0) is 11.2 Å². The number of aromatic amines is 1. The van der Waals surface area contributed by atoms with E-state index in [0.717, 1.165) is 28.0 Å². The number of hydrogen-bond acceptors (Lipinski definition) is 4. The molecular formula is C20H18N4OS. The number of H-pyrrole nitrogens is 1. The Hall–Kier alpha value is -2.83. The maximum Gasteiger partial charge on any atom is 0.327 e. The number of hydrogen-bond donors (Lipinski definition) is 1. The molecule has 26 heavy (non-hydrogen) atoms. The van der Waals surface area contributed by atoms with Crippen LogP contribution in [0.2, 0.25) is 0 Å². The molecular weight excluding hydrogens is 344 g/mol. The molecule has 0 spiro atoms. The van der Waals surface area contributed by atoms with Gasteiger partial charge in [0.25, 0.3) is 0 Å². The van der Waals surface area contributed by atoms with Crippen molar-refractivity contribution in [2.45, 2.75) is 10.1 Å². The molecule has 0 aliphatic rings. The second-order valence-electron chi connectivity index (χ2n) is 6.12. The predicted molar refractivity (Wildman–Crippen MR) is 105 cm³/mol. The Balaban J connectivity index is 1.79. The van der Waals surface area contributed by atoms with Crippen LogP contribution in [0.15, 0.2) is 76.9 Å². The molecule has 0 saturated heterocycles. The normalized spacial score (nSPS) is 12.3. The third-order valence-corrected chi connectivity index (χ3v) is 5.47. The van der Waals surface area contributed by atoms with Gasteiger partial charge in [0.1, 0.15) is 0 Å². The van der Waals surface area contributed by atoms with Crippen molar-refractivity contribution in [2.24, 2.45) is 0 Å². The number of nitrogens with zero attached hydrogens (tertiary/aromatic N) is 3. The van der Waals surface area contributed by atoms with Crippen LogP contribution in [0.1, 0.15) is 0 Å². The predicted octanol–water partition coefficient (Wildman–Crippen LogP) is 3.86. The van der Waals surface area contributed by atoms with Crippen molar-refractivity contribution in [3.8, 4) is 11.3 Å². The van der Waals surface area contributed by atoms with Gasteiger partial charge in [0.15, 0.2) is 4.90 Å². The standard InChI is InChI=1S/C20H18N4OS/c1-24(2)14-11-12-21-18(13-14)15-7-3-6-10-19(15)26(25)20-22-16-8-4-5-9-17(16)23-20/h3-13H,1-2H3,(H,22,23). The zero-order valence-electron chi connectivity index (χ0n) is 14.5. The van der Waals surface area contributed by atoms with E-state index in [1.165, 1.54) is 0 Å². The SMILES string of the molecule is CN(C)c1ccnc(-c2ccccc2[S+]([O-])c2nc3ccccc3[nH]2)c1. The van der Waals surface area contributed by atoms with E-state index in [4.69, 9.17) is 0 Å². The van der Waals surface area contributed by atoms with Crippen molar-refractivity contribution in [2.75, 3.05) is 19.0 Å². The second kappa shape index (κ2) is 6.82. The average molecular weight is 362 g/mol. The van der Waals surface area contributed by atoms with Crippen LogP contribution in [0.5, 0.6) is 0 Å². The molecule has 4 aromatic rings. The van der Waals surface area contributed by atoms with Gasteiger partial charge in [-0.1, -0.05) is 24.3 Å². The molecule has 130 valence electrons. The van der Waals surface area contributed by atoms with Crippen LogP contribution in [0, 0.1) is 0 Å². The summed E-state index contributed by atoms with van der Waals surface area (Å²) < 4.78 is 13.2. The van der Waals surface area contributed by atoms with Gasteiger partial charge in [-0.25, -0.2) is 0 Å². The zero-order valence-corrected chi connectivity index (χ0v) is 15.3. The number of nitrogens with one attached hydrogen (secondary N) is 1. The molecule has 0 bridgehead atoms. The maximum atomic E-state index is 13.2. The lowest BCUT2D eigenvalue weighted by Gasteiger charge is -2.15. The van der Waals surface area contributed by atoms with Crippen LogP contribution >= 0.6 is 0 Å². The van der Waals surface area contributed by atoms with E-state index in [9.17, 15) is 4.55 Å². The largest absolute Gasteiger partial charge is 0.604 e. The van der Waals surface area contributed by atoms with Gasteiger partial charge in [-0.2, -0.15) is 4.98 Å². The van der Waals surface area contributed by atoms with Crippen molar-refractivity contribution >= 4 is 27.9 Å². The van der Waals surface area contributed by atoms with Gasteiger partial charge in [-0.05, 0) is 36.4 Å². The number of rotatable bonds is 4. The van der Waals surface area contributed by atoms with E-state index in [0.29, 0.717) is 10.1 Å². The topological polar surface area (TPSA) is 67.9 Å². The molecule has 2 aromatic carbocycles. The van der Waals surface area contributed by atoms with Gasteiger partial charge in [0, 0.05) is 26.0 Å². The minimum Gasteiger partial charge on any atom is -0.604 e. The summed E-state index contributed by atoms with van der Waals surface area (Å²) in [5.74, 6) is 0. The molecule has 0 aliphatic carbocycles. The quantitative estimate of drug-likeness (QED) is 0.560. The van der Waals surface area contributed by atoms with Crippen molar-refractivity contribution in [3.05, 3.63) is 66.9 Å². The molecule has 2 aromatic heterocycles. The number of fused-ring (bicyclic) bond motifs is 1. The highest BCUT2D eigenvalue weighted by molar-refractivity contribution is 7.91. The smallest absolute Gasteiger partial charge is 0.327 e. The van der Waals surface area contributed by atoms with Gasteiger partial charge in [-0.15, -0.1) is 0 Å². The van der Waals surface area contributed by atoms with E-state index in [-0.39, 0.29) is 0 Å². The lowest BCUT2D eigenvalue weighted by atomic mass is 10.1. The summed E-state index contributed by atoms with van der Waals surface area (Å²) in [6.45, 7) is 0. The monoisotopic (exact) mass is 362 g/mol. The molecule has 4 rings (SSSR count). The Morgan fingerprint density at radius 3 is 2.58 bits per heavy atom. The molecule has 6 heteroatoms. The van der Waals surface area contributed by atoms with Crippen LogP contribution in [0.25, 0.3) is 22.3 Å². The average Bonchev–Trinajstić information content (AvgIpc) is 3.12. The van der Waals surface area contributed by atoms with Crippen LogP contribution in [-0.4, -0.2) is 33.6 Å². The summed E-state index contributed by atoms with van der Waals surface area (Å²) in [7, 11) is 3.97. The van der Waals surface area contributed by atoms with E-state index in [2.05, 4.69) is 15.0 Å². The molecule has 0 saturated carbocycles. The number of benzene rings is 2. The molecule has 1 atom stereocenters. The fourth-order valence-corrected chi connectivity index (χ4v) is 3.97. The number of pyridine rings is 1. The first-order valence-electron chi connectivity index (χ1n) is 8.23. The molecule has 0 radical (unpaired) electrons. The van der Waals surface area contributed by atoms with Crippen LogP contribution < -0.4 is 4.90 Å². The number of anilines is 1. The lowest BCUT2D eigenvalue weighted by molar-refractivity contribution is 0.588. The molecule has 1 unspecified atom stereocenters. The first-order chi connectivity index (χ1) is 12.6. The van der Waals surface area contributed by atoms with E-state index in [1.807, 2.05) is 79.7 Å². The molecule has 0 amide bonds. The Kier molecular flexibility index (Phi) is 4.36. The summed E-state index contributed by atoms with van der Waals surface area (Å²) in [6.07, 6.45) is 1.77. The Labute approximate surface area is 154 Å². The summed E-state index contributed by atoms with van der Waals surface area (Å²) in [6, 6.07) is 19.2. The third kappa shape index (κ3) is 3.05. The summed E-state index contributed by atoms with van der Waals surface area (Å²) >= 11 is -1.43. The first-order valence-corrected chi connectivity index (χ1v) is 9.38. The van der Waals surface area contributed by atoms with Gasteiger partial charge in [0.2, 0.25) is 0 Å². The molecule has 1 N–H and O–H groups in total. The second-order valence-corrected chi connectivity index (χ2v) is 7.48. The maximum absolute atomic E-state index is 13.2. The summed E-state index contributed by atoms with van der Waals surface area (Å²) in [5, 5.41) is 0.447. The molecule has 5 nitrogen and oxygen atoms in total. The van der Waals surface area contributed by atoms with Crippen molar-refractivity contribution < 1.29 is 4.55 Å². The summed E-state index contributed by atoms with van der Waals surface area (Å²) in [5.41, 5.74) is 4.35.